The van der Waals surface area contributed by atoms with Gasteiger partial charge in [-0.25, -0.2) is 0 Å². The van der Waals surface area contributed by atoms with Gasteiger partial charge in [-0.3, -0.25) is 19.6 Å². The quantitative estimate of drug-likeness (QED) is 0.633. The molecule has 1 aromatic heterocycles. The highest BCUT2D eigenvalue weighted by atomic mass is 16.6. The lowest BCUT2D eigenvalue weighted by atomic mass is 9.53. The molecule has 1 heterocycles. The molecule has 2 aromatic rings. The molecule has 0 atom stereocenters. The second kappa shape index (κ2) is 6.15. The SMILES string of the molecule is Cc1cccc(NC(=O)c2nn(C34CC5CC(CC(C5)C3)C4)cc2[N+](=O)[O-])c1. The van der Waals surface area contributed by atoms with E-state index in [-0.39, 0.29) is 16.9 Å². The van der Waals surface area contributed by atoms with Crippen LogP contribution < -0.4 is 5.32 Å². The molecule has 1 N–H and O–H groups in total. The van der Waals surface area contributed by atoms with Gasteiger partial charge in [0.2, 0.25) is 5.69 Å². The molecule has 0 aliphatic heterocycles. The largest absolute Gasteiger partial charge is 0.320 e. The molecule has 4 saturated carbocycles. The zero-order chi connectivity index (χ0) is 19.5. The van der Waals surface area contributed by atoms with Crippen molar-refractivity contribution in [3.63, 3.8) is 0 Å². The van der Waals surface area contributed by atoms with Crippen LogP contribution >= 0.6 is 0 Å². The lowest BCUT2D eigenvalue weighted by Gasteiger charge is -2.56. The third-order valence-corrected chi connectivity index (χ3v) is 6.87. The first-order chi connectivity index (χ1) is 13.4. The Morgan fingerprint density at radius 1 is 1.21 bits per heavy atom. The first-order valence-electron chi connectivity index (χ1n) is 10.0. The van der Waals surface area contributed by atoms with Gasteiger partial charge in [-0.1, -0.05) is 12.1 Å². The van der Waals surface area contributed by atoms with E-state index in [0.29, 0.717) is 23.4 Å². The molecule has 0 spiro atoms. The maximum atomic E-state index is 12.8. The summed E-state index contributed by atoms with van der Waals surface area (Å²) in [4.78, 5) is 24.0. The fourth-order valence-electron chi connectivity index (χ4n) is 6.16. The molecular weight excluding hydrogens is 356 g/mol. The number of aryl methyl sites for hydroxylation is 1. The van der Waals surface area contributed by atoms with Crippen molar-refractivity contribution in [1.29, 1.82) is 0 Å². The predicted molar refractivity (Wildman–Crippen MR) is 104 cm³/mol. The van der Waals surface area contributed by atoms with Gasteiger partial charge in [0.1, 0.15) is 6.20 Å². The topological polar surface area (TPSA) is 90.1 Å². The predicted octanol–water partition coefficient (Wildman–Crippen LogP) is 4.28. The summed E-state index contributed by atoms with van der Waals surface area (Å²) in [6, 6.07) is 7.37. The van der Waals surface area contributed by atoms with Gasteiger partial charge in [-0.05, 0) is 80.9 Å². The third kappa shape index (κ3) is 2.80. The Bertz CT molecular complexity index is 929. The summed E-state index contributed by atoms with van der Waals surface area (Å²) in [7, 11) is 0. The molecule has 7 nitrogen and oxygen atoms in total. The summed E-state index contributed by atoms with van der Waals surface area (Å²) < 4.78 is 1.78. The lowest BCUT2D eigenvalue weighted by Crippen LogP contribution is -2.52. The van der Waals surface area contributed by atoms with Crippen LogP contribution in [0.4, 0.5) is 11.4 Å². The van der Waals surface area contributed by atoms with Crippen LogP contribution in [0, 0.1) is 34.8 Å². The minimum atomic E-state index is -0.527. The van der Waals surface area contributed by atoms with Gasteiger partial charge in [0.05, 0.1) is 10.5 Å². The number of nitrogens with one attached hydrogen (secondary N) is 1. The highest BCUT2D eigenvalue weighted by Gasteiger charge is 2.53. The van der Waals surface area contributed by atoms with Crippen LogP contribution in [0.1, 0.15) is 54.6 Å². The van der Waals surface area contributed by atoms with E-state index in [1.807, 2.05) is 25.1 Å². The molecule has 28 heavy (non-hydrogen) atoms. The van der Waals surface area contributed by atoms with E-state index in [1.165, 1.54) is 25.5 Å². The number of nitrogens with zero attached hydrogens (tertiary/aromatic N) is 3. The number of nitro groups is 1. The van der Waals surface area contributed by atoms with E-state index in [4.69, 9.17) is 0 Å². The molecule has 146 valence electrons. The Morgan fingerprint density at radius 2 is 1.86 bits per heavy atom. The number of anilines is 1. The molecule has 1 amide bonds. The number of rotatable bonds is 4. The number of carbonyl (C=O) groups excluding carboxylic acids is 1. The van der Waals surface area contributed by atoms with E-state index < -0.39 is 10.8 Å². The van der Waals surface area contributed by atoms with Crippen LogP contribution in [0.25, 0.3) is 0 Å². The maximum Gasteiger partial charge on any atom is 0.320 e. The number of amides is 1. The molecule has 4 bridgehead atoms. The summed E-state index contributed by atoms with van der Waals surface area (Å²) >= 11 is 0. The van der Waals surface area contributed by atoms with Gasteiger partial charge in [-0.2, -0.15) is 5.10 Å². The molecule has 1 aromatic carbocycles. The van der Waals surface area contributed by atoms with Crippen molar-refractivity contribution < 1.29 is 9.72 Å². The van der Waals surface area contributed by atoms with E-state index >= 15 is 0 Å². The van der Waals surface area contributed by atoms with Crippen LogP contribution in [0.5, 0.6) is 0 Å². The van der Waals surface area contributed by atoms with Crippen molar-refractivity contribution in [2.45, 2.75) is 51.0 Å². The number of hydrogen-bond donors (Lipinski definition) is 1. The normalized spacial score (nSPS) is 30.4. The monoisotopic (exact) mass is 380 g/mol. The molecular formula is C21H24N4O3. The molecule has 0 unspecified atom stereocenters. The summed E-state index contributed by atoms with van der Waals surface area (Å²) in [6.45, 7) is 1.93. The Balaban J connectivity index is 1.49. The standard InChI is InChI=1S/C21H24N4O3/c1-13-3-2-4-17(5-13)22-20(26)19-18(25(27)28)12-24(23-19)21-9-14-6-15(10-21)8-16(7-14)11-21/h2-5,12,14-16H,6-11H2,1H3,(H,22,26). The minimum absolute atomic E-state index is 0.0951. The maximum absolute atomic E-state index is 12.8. The van der Waals surface area contributed by atoms with Crippen LogP contribution in [0.15, 0.2) is 30.5 Å². The van der Waals surface area contributed by atoms with Crippen LogP contribution in [0.2, 0.25) is 0 Å². The zero-order valence-electron chi connectivity index (χ0n) is 15.9. The zero-order valence-corrected chi connectivity index (χ0v) is 15.9. The second-order valence-corrected chi connectivity index (χ2v) is 9.03. The fraction of sp³-hybridized carbons (Fsp3) is 0.524. The Morgan fingerprint density at radius 3 is 2.43 bits per heavy atom. The van der Waals surface area contributed by atoms with Crippen LogP contribution in [-0.2, 0) is 5.54 Å². The van der Waals surface area contributed by atoms with Gasteiger partial charge in [0, 0.05) is 5.69 Å². The van der Waals surface area contributed by atoms with Crippen molar-refractivity contribution in [3.05, 3.63) is 51.8 Å². The van der Waals surface area contributed by atoms with Crippen LogP contribution in [-0.4, -0.2) is 20.6 Å². The Kier molecular flexibility index (Phi) is 3.82. The van der Waals surface area contributed by atoms with Gasteiger partial charge in [-0.15, -0.1) is 0 Å². The first kappa shape index (κ1) is 17.4. The molecule has 4 aliphatic carbocycles. The average molecular weight is 380 g/mol. The van der Waals surface area contributed by atoms with Gasteiger partial charge in [0.15, 0.2) is 0 Å². The van der Waals surface area contributed by atoms with Crippen LogP contribution in [0.3, 0.4) is 0 Å². The van der Waals surface area contributed by atoms with Crippen molar-refractivity contribution >= 4 is 17.3 Å². The Hall–Kier alpha value is -2.70. The molecule has 4 fully saturated rings. The first-order valence-corrected chi connectivity index (χ1v) is 10.0. The minimum Gasteiger partial charge on any atom is -0.320 e. The molecule has 0 saturated heterocycles. The highest BCUT2D eigenvalue weighted by Crippen LogP contribution is 2.58. The molecule has 7 heteroatoms. The number of benzene rings is 1. The van der Waals surface area contributed by atoms with Crippen molar-refractivity contribution in [3.8, 4) is 0 Å². The van der Waals surface area contributed by atoms with Crippen molar-refractivity contribution in [2.24, 2.45) is 17.8 Å². The van der Waals surface area contributed by atoms with Crippen molar-refractivity contribution in [1.82, 2.24) is 9.78 Å². The van der Waals surface area contributed by atoms with Gasteiger partial charge in [0.25, 0.3) is 5.91 Å². The van der Waals surface area contributed by atoms with E-state index in [9.17, 15) is 14.9 Å². The summed E-state index contributed by atoms with van der Waals surface area (Å²) in [5.74, 6) is 1.55. The molecule has 6 rings (SSSR count). The number of hydrogen-bond acceptors (Lipinski definition) is 4. The van der Waals surface area contributed by atoms with Gasteiger partial charge >= 0.3 is 5.69 Å². The second-order valence-electron chi connectivity index (χ2n) is 9.03. The highest BCUT2D eigenvalue weighted by molar-refractivity contribution is 6.05. The molecule has 0 radical (unpaired) electrons. The lowest BCUT2D eigenvalue weighted by molar-refractivity contribution is -0.385. The number of carbonyl (C=O) groups is 1. The smallest absolute Gasteiger partial charge is 0.320 e. The fourth-order valence-corrected chi connectivity index (χ4v) is 6.16. The van der Waals surface area contributed by atoms with E-state index in [0.717, 1.165) is 24.8 Å². The van der Waals surface area contributed by atoms with Gasteiger partial charge < -0.3 is 5.32 Å². The summed E-state index contributed by atoms with van der Waals surface area (Å²) in [5.41, 5.74) is 1.17. The van der Waals surface area contributed by atoms with E-state index in [2.05, 4.69) is 10.4 Å². The molecule has 4 aliphatic rings. The summed E-state index contributed by atoms with van der Waals surface area (Å²) in [5, 5.41) is 18.9. The van der Waals surface area contributed by atoms with Crippen molar-refractivity contribution in [2.75, 3.05) is 5.32 Å². The van der Waals surface area contributed by atoms with E-state index in [1.54, 1.807) is 10.7 Å². The third-order valence-electron chi connectivity index (χ3n) is 6.87. The Labute approximate surface area is 163 Å². The number of aromatic nitrogens is 2. The average Bonchev–Trinajstić information content (AvgIpc) is 3.07. The summed E-state index contributed by atoms with van der Waals surface area (Å²) in [6.07, 6.45) is 8.42.